The van der Waals surface area contributed by atoms with Gasteiger partial charge in [-0.25, -0.2) is 4.39 Å². The first-order valence-corrected chi connectivity index (χ1v) is 3.81. The van der Waals surface area contributed by atoms with E-state index in [1.165, 1.54) is 12.1 Å². The van der Waals surface area contributed by atoms with Gasteiger partial charge in [-0.05, 0) is 31.7 Å². The smallest absolute Gasteiger partial charge is 0.165 e. The van der Waals surface area contributed by atoms with Crippen molar-refractivity contribution in [3.8, 4) is 5.75 Å². The molecule has 0 aliphatic heterocycles. The Kier molecular flexibility index (Phi) is 2.65. The number of phenols is 1. The van der Waals surface area contributed by atoms with Gasteiger partial charge in [0, 0.05) is 6.04 Å². The SMILES string of the molecule is CN[C@@H](C)c1ccc(O)c(F)c1. The summed E-state index contributed by atoms with van der Waals surface area (Å²) >= 11 is 0. The maximum atomic E-state index is 12.8. The molecule has 0 amide bonds. The van der Waals surface area contributed by atoms with Gasteiger partial charge in [0.2, 0.25) is 0 Å². The highest BCUT2D eigenvalue weighted by molar-refractivity contribution is 5.29. The van der Waals surface area contributed by atoms with Crippen LogP contribution in [0.4, 0.5) is 4.39 Å². The molecular formula is C9H12FNO. The molecule has 2 N–H and O–H groups in total. The molecular weight excluding hydrogens is 157 g/mol. The van der Waals surface area contributed by atoms with Gasteiger partial charge in [0.25, 0.3) is 0 Å². The Morgan fingerprint density at radius 1 is 1.50 bits per heavy atom. The molecule has 0 aromatic heterocycles. The van der Waals surface area contributed by atoms with E-state index in [-0.39, 0.29) is 11.8 Å². The molecule has 0 aliphatic rings. The van der Waals surface area contributed by atoms with Crippen LogP contribution in [0.5, 0.6) is 5.75 Å². The Balaban J connectivity index is 2.96. The zero-order valence-corrected chi connectivity index (χ0v) is 7.13. The molecule has 1 rings (SSSR count). The average molecular weight is 169 g/mol. The molecule has 66 valence electrons. The number of nitrogens with one attached hydrogen (secondary N) is 1. The lowest BCUT2D eigenvalue weighted by atomic mass is 10.1. The van der Waals surface area contributed by atoms with Gasteiger partial charge in [-0.1, -0.05) is 6.07 Å². The van der Waals surface area contributed by atoms with Gasteiger partial charge < -0.3 is 10.4 Å². The average Bonchev–Trinajstić information content (AvgIpc) is 2.08. The van der Waals surface area contributed by atoms with Gasteiger partial charge in [0.1, 0.15) is 0 Å². The van der Waals surface area contributed by atoms with Crippen molar-refractivity contribution in [1.82, 2.24) is 5.32 Å². The zero-order chi connectivity index (χ0) is 9.14. The summed E-state index contributed by atoms with van der Waals surface area (Å²) in [5.41, 5.74) is 0.827. The van der Waals surface area contributed by atoms with E-state index in [1.807, 2.05) is 6.92 Å². The summed E-state index contributed by atoms with van der Waals surface area (Å²) in [6, 6.07) is 4.48. The fraction of sp³-hybridized carbons (Fsp3) is 0.333. The summed E-state index contributed by atoms with van der Waals surface area (Å²) in [6.45, 7) is 1.92. The fourth-order valence-electron chi connectivity index (χ4n) is 0.959. The van der Waals surface area contributed by atoms with Crippen molar-refractivity contribution in [3.63, 3.8) is 0 Å². The molecule has 12 heavy (non-hydrogen) atoms. The first-order chi connectivity index (χ1) is 5.65. The second-order valence-corrected chi connectivity index (χ2v) is 2.72. The van der Waals surface area contributed by atoms with Crippen LogP contribution in [0.2, 0.25) is 0 Å². The summed E-state index contributed by atoms with van der Waals surface area (Å²) in [5.74, 6) is -0.878. The molecule has 0 fully saturated rings. The second-order valence-electron chi connectivity index (χ2n) is 2.72. The van der Waals surface area contributed by atoms with Crippen LogP contribution in [-0.4, -0.2) is 12.2 Å². The number of rotatable bonds is 2. The Hall–Kier alpha value is -1.09. The van der Waals surface area contributed by atoms with Crippen molar-refractivity contribution >= 4 is 0 Å². The van der Waals surface area contributed by atoms with Crippen LogP contribution in [0, 0.1) is 5.82 Å². The van der Waals surface area contributed by atoms with Crippen molar-refractivity contribution in [2.24, 2.45) is 0 Å². The minimum absolute atomic E-state index is 0.0973. The maximum absolute atomic E-state index is 12.8. The molecule has 1 aromatic carbocycles. The van der Waals surface area contributed by atoms with Crippen molar-refractivity contribution in [2.75, 3.05) is 7.05 Å². The van der Waals surface area contributed by atoms with Crippen LogP contribution in [0.3, 0.4) is 0 Å². The van der Waals surface area contributed by atoms with Crippen LogP contribution in [0.1, 0.15) is 18.5 Å². The minimum Gasteiger partial charge on any atom is -0.505 e. The van der Waals surface area contributed by atoms with Crippen LogP contribution in [0.15, 0.2) is 18.2 Å². The predicted molar refractivity (Wildman–Crippen MR) is 45.5 cm³/mol. The second kappa shape index (κ2) is 3.54. The standard InChI is InChI=1S/C9H12FNO/c1-6(11-2)7-3-4-9(12)8(10)5-7/h3-6,11-12H,1-2H3/t6-/m0/s1. The van der Waals surface area contributed by atoms with Gasteiger partial charge in [-0.3, -0.25) is 0 Å². The van der Waals surface area contributed by atoms with E-state index in [0.717, 1.165) is 5.56 Å². The van der Waals surface area contributed by atoms with E-state index in [1.54, 1.807) is 13.1 Å². The quantitative estimate of drug-likeness (QED) is 0.707. The van der Waals surface area contributed by atoms with Gasteiger partial charge in [-0.15, -0.1) is 0 Å². The van der Waals surface area contributed by atoms with E-state index >= 15 is 0 Å². The molecule has 0 bridgehead atoms. The summed E-state index contributed by atoms with van der Waals surface area (Å²) in [7, 11) is 1.80. The normalized spacial score (nSPS) is 12.9. The van der Waals surface area contributed by atoms with Crippen LogP contribution in [0.25, 0.3) is 0 Å². The molecule has 3 heteroatoms. The number of phenolic OH excluding ortho intramolecular Hbond substituents is 1. The lowest BCUT2D eigenvalue weighted by Gasteiger charge is -2.10. The Morgan fingerprint density at radius 3 is 2.67 bits per heavy atom. The summed E-state index contributed by atoms with van der Waals surface area (Å²) in [6.07, 6.45) is 0. The monoisotopic (exact) mass is 169 g/mol. The Labute approximate surface area is 71.0 Å². The Bertz CT molecular complexity index is 275. The molecule has 0 heterocycles. The van der Waals surface area contributed by atoms with Crippen molar-refractivity contribution in [2.45, 2.75) is 13.0 Å². The zero-order valence-electron chi connectivity index (χ0n) is 7.13. The number of hydrogen-bond donors (Lipinski definition) is 2. The third-order valence-corrected chi connectivity index (χ3v) is 1.90. The molecule has 0 aliphatic carbocycles. The number of hydrogen-bond acceptors (Lipinski definition) is 2. The van der Waals surface area contributed by atoms with Crippen LogP contribution < -0.4 is 5.32 Å². The minimum atomic E-state index is -0.574. The summed E-state index contributed by atoms with van der Waals surface area (Å²) in [5, 5.41) is 11.9. The molecule has 1 atom stereocenters. The van der Waals surface area contributed by atoms with E-state index < -0.39 is 5.82 Å². The van der Waals surface area contributed by atoms with Crippen LogP contribution in [-0.2, 0) is 0 Å². The van der Waals surface area contributed by atoms with Gasteiger partial charge in [0.15, 0.2) is 11.6 Å². The maximum Gasteiger partial charge on any atom is 0.165 e. The van der Waals surface area contributed by atoms with E-state index in [4.69, 9.17) is 5.11 Å². The lowest BCUT2D eigenvalue weighted by molar-refractivity contribution is 0.431. The van der Waals surface area contributed by atoms with Crippen molar-refractivity contribution < 1.29 is 9.50 Å². The molecule has 1 aromatic rings. The van der Waals surface area contributed by atoms with Crippen molar-refractivity contribution in [3.05, 3.63) is 29.6 Å². The predicted octanol–water partition coefficient (Wildman–Crippen LogP) is 1.81. The highest BCUT2D eigenvalue weighted by Gasteiger charge is 2.05. The summed E-state index contributed by atoms with van der Waals surface area (Å²) < 4.78 is 12.8. The Morgan fingerprint density at radius 2 is 2.17 bits per heavy atom. The number of halogens is 1. The largest absolute Gasteiger partial charge is 0.505 e. The molecule has 0 unspecified atom stereocenters. The van der Waals surface area contributed by atoms with E-state index in [9.17, 15) is 4.39 Å². The molecule has 0 saturated heterocycles. The molecule has 0 radical (unpaired) electrons. The first kappa shape index (κ1) is 9.00. The number of aromatic hydroxyl groups is 1. The van der Waals surface area contributed by atoms with Gasteiger partial charge in [-0.2, -0.15) is 0 Å². The first-order valence-electron chi connectivity index (χ1n) is 3.81. The number of benzene rings is 1. The third kappa shape index (κ3) is 1.74. The highest BCUT2D eigenvalue weighted by atomic mass is 19.1. The topological polar surface area (TPSA) is 32.3 Å². The van der Waals surface area contributed by atoms with Crippen LogP contribution >= 0.6 is 0 Å². The van der Waals surface area contributed by atoms with E-state index in [0.29, 0.717) is 0 Å². The van der Waals surface area contributed by atoms with Crippen molar-refractivity contribution in [1.29, 1.82) is 0 Å². The highest BCUT2D eigenvalue weighted by Crippen LogP contribution is 2.20. The lowest BCUT2D eigenvalue weighted by Crippen LogP contribution is -2.12. The third-order valence-electron chi connectivity index (χ3n) is 1.90. The van der Waals surface area contributed by atoms with E-state index in [2.05, 4.69) is 5.32 Å². The van der Waals surface area contributed by atoms with Gasteiger partial charge >= 0.3 is 0 Å². The molecule has 0 spiro atoms. The van der Waals surface area contributed by atoms with Gasteiger partial charge in [0.05, 0.1) is 0 Å². The summed E-state index contributed by atoms with van der Waals surface area (Å²) in [4.78, 5) is 0. The molecule has 0 saturated carbocycles. The fourth-order valence-corrected chi connectivity index (χ4v) is 0.959. The molecule has 2 nitrogen and oxygen atoms in total.